The van der Waals surface area contributed by atoms with Gasteiger partial charge in [0.1, 0.15) is 0 Å². The lowest BCUT2D eigenvalue weighted by molar-refractivity contribution is 0.101. The zero-order valence-corrected chi connectivity index (χ0v) is 16.6. The third kappa shape index (κ3) is 4.18. The van der Waals surface area contributed by atoms with E-state index in [-0.39, 0.29) is 5.91 Å². The zero-order valence-electron chi connectivity index (χ0n) is 15.0. The predicted molar refractivity (Wildman–Crippen MR) is 112 cm³/mol. The first kappa shape index (κ1) is 18.7. The van der Waals surface area contributed by atoms with Gasteiger partial charge in [-0.05, 0) is 61.4 Å². The van der Waals surface area contributed by atoms with E-state index < -0.39 is 0 Å². The maximum Gasteiger partial charge on any atom is 0.270 e. The second-order valence-corrected chi connectivity index (χ2v) is 7.06. The fourth-order valence-electron chi connectivity index (χ4n) is 2.83. The third-order valence-electron chi connectivity index (χ3n) is 4.30. The van der Waals surface area contributed by atoms with Crippen molar-refractivity contribution in [2.24, 2.45) is 0 Å². The Kier molecular flexibility index (Phi) is 5.58. The number of carbonyl (C=O) groups excluding carboxylic acids is 1. The molecule has 2 aromatic carbocycles. The van der Waals surface area contributed by atoms with Gasteiger partial charge < -0.3 is 0 Å². The van der Waals surface area contributed by atoms with E-state index in [9.17, 15) is 10.1 Å². The SMILES string of the molecule is Cc1cc(/C=C(/C#N)c2ccc(Br)cc2)c(C)n1NC(=O)c1ccccc1. The summed E-state index contributed by atoms with van der Waals surface area (Å²) in [6.45, 7) is 3.84. The van der Waals surface area contributed by atoms with Gasteiger partial charge in [-0.3, -0.25) is 14.9 Å². The van der Waals surface area contributed by atoms with Crippen LogP contribution in [0, 0.1) is 25.2 Å². The molecular weight excluding hydrogens is 402 g/mol. The summed E-state index contributed by atoms with van der Waals surface area (Å²) >= 11 is 3.40. The van der Waals surface area contributed by atoms with Gasteiger partial charge in [-0.25, -0.2) is 0 Å². The number of aryl methyl sites for hydroxylation is 1. The van der Waals surface area contributed by atoms with Gasteiger partial charge in [0.05, 0.1) is 11.6 Å². The van der Waals surface area contributed by atoms with E-state index in [2.05, 4.69) is 27.4 Å². The number of hydrogen-bond donors (Lipinski definition) is 1. The van der Waals surface area contributed by atoms with Crippen LogP contribution < -0.4 is 5.43 Å². The molecule has 0 fully saturated rings. The number of carbonyl (C=O) groups is 1. The minimum Gasteiger partial charge on any atom is -0.267 e. The highest BCUT2D eigenvalue weighted by molar-refractivity contribution is 9.10. The van der Waals surface area contributed by atoms with Crippen molar-refractivity contribution in [2.75, 3.05) is 5.43 Å². The first-order valence-electron chi connectivity index (χ1n) is 8.42. The molecule has 0 atom stereocenters. The number of benzene rings is 2. The number of nitriles is 1. The summed E-state index contributed by atoms with van der Waals surface area (Å²) in [7, 11) is 0. The van der Waals surface area contributed by atoms with E-state index in [1.54, 1.807) is 16.8 Å². The van der Waals surface area contributed by atoms with Crippen LogP contribution in [0.15, 0.2) is 65.1 Å². The van der Waals surface area contributed by atoms with Crippen molar-refractivity contribution in [2.45, 2.75) is 13.8 Å². The average molecular weight is 420 g/mol. The minimum absolute atomic E-state index is 0.179. The smallest absolute Gasteiger partial charge is 0.267 e. The number of rotatable bonds is 4. The Hall–Kier alpha value is -3.10. The second kappa shape index (κ2) is 8.07. The Morgan fingerprint density at radius 2 is 1.74 bits per heavy atom. The van der Waals surface area contributed by atoms with Crippen LogP contribution in [-0.4, -0.2) is 10.6 Å². The molecule has 0 radical (unpaired) electrons. The first-order valence-corrected chi connectivity index (χ1v) is 9.22. The molecule has 134 valence electrons. The molecule has 1 amide bonds. The van der Waals surface area contributed by atoms with Crippen LogP contribution in [0.25, 0.3) is 11.6 Å². The summed E-state index contributed by atoms with van der Waals surface area (Å²) in [5, 5.41) is 9.56. The van der Waals surface area contributed by atoms with Crippen LogP contribution in [-0.2, 0) is 0 Å². The molecule has 0 aliphatic rings. The normalized spacial score (nSPS) is 11.1. The number of aromatic nitrogens is 1. The number of nitrogens with one attached hydrogen (secondary N) is 1. The van der Waals surface area contributed by atoms with Crippen LogP contribution >= 0.6 is 15.9 Å². The Morgan fingerprint density at radius 1 is 1.07 bits per heavy atom. The van der Waals surface area contributed by atoms with Crippen LogP contribution in [0.4, 0.5) is 0 Å². The maximum absolute atomic E-state index is 12.5. The van der Waals surface area contributed by atoms with Crippen molar-refractivity contribution in [3.05, 3.63) is 93.2 Å². The van der Waals surface area contributed by atoms with Gasteiger partial charge in [0, 0.05) is 21.4 Å². The Balaban J connectivity index is 1.92. The summed E-state index contributed by atoms with van der Waals surface area (Å²) in [4.78, 5) is 12.5. The number of amides is 1. The van der Waals surface area contributed by atoms with Gasteiger partial charge in [-0.2, -0.15) is 5.26 Å². The fourth-order valence-corrected chi connectivity index (χ4v) is 3.09. The zero-order chi connectivity index (χ0) is 19.4. The highest BCUT2D eigenvalue weighted by Gasteiger charge is 2.12. The second-order valence-electron chi connectivity index (χ2n) is 6.15. The largest absolute Gasteiger partial charge is 0.270 e. The lowest BCUT2D eigenvalue weighted by Gasteiger charge is -2.11. The molecule has 1 aromatic heterocycles. The Bertz CT molecular complexity index is 1040. The molecule has 27 heavy (non-hydrogen) atoms. The summed E-state index contributed by atoms with van der Waals surface area (Å²) in [5.41, 5.74) is 7.56. The molecule has 0 aliphatic heterocycles. The van der Waals surface area contributed by atoms with E-state index in [4.69, 9.17) is 0 Å². The van der Waals surface area contributed by atoms with Crippen molar-refractivity contribution < 1.29 is 4.79 Å². The van der Waals surface area contributed by atoms with Gasteiger partial charge in [0.15, 0.2) is 0 Å². The lowest BCUT2D eigenvalue weighted by Crippen LogP contribution is -2.24. The third-order valence-corrected chi connectivity index (χ3v) is 4.82. The van der Waals surface area contributed by atoms with Crippen molar-refractivity contribution >= 4 is 33.5 Å². The topological polar surface area (TPSA) is 57.8 Å². The molecule has 5 heteroatoms. The highest BCUT2D eigenvalue weighted by Crippen LogP contribution is 2.23. The minimum atomic E-state index is -0.179. The van der Waals surface area contributed by atoms with Gasteiger partial charge in [0.2, 0.25) is 0 Å². The molecule has 0 bridgehead atoms. The molecule has 0 aliphatic carbocycles. The lowest BCUT2D eigenvalue weighted by atomic mass is 10.0. The van der Waals surface area contributed by atoms with E-state index in [0.717, 1.165) is 27.0 Å². The van der Waals surface area contributed by atoms with E-state index in [0.29, 0.717) is 11.1 Å². The highest BCUT2D eigenvalue weighted by atomic mass is 79.9. The molecule has 3 rings (SSSR count). The van der Waals surface area contributed by atoms with Crippen molar-refractivity contribution in [1.29, 1.82) is 5.26 Å². The molecule has 4 nitrogen and oxygen atoms in total. The average Bonchev–Trinajstić information content (AvgIpc) is 2.95. The van der Waals surface area contributed by atoms with Crippen LogP contribution in [0.1, 0.15) is 32.9 Å². The van der Waals surface area contributed by atoms with E-state index in [1.807, 2.05) is 68.5 Å². The van der Waals surface area contributed by atoms with Crippen LogP contribution in [0.5, 0.6) is 0 Å². The monoisotopic (exact) mass is 419 g/mol. The number of halogens is 1. The van der Waals surface area contributed by atoms with Crippen LogP contribution in [0.2, 0.25) is 0 Å². The molecular formula is C22H18BrN3O. The quantitative estimate of drug-likeness (QED) is 0.581. The van der Waals surface area contributed by atoms with E-state index in [1.165, 1.54) is 0 Å². The van der Waals surface area contributed by atoms with Crippen LogP contribution in [0.3, 0.4) is 0 Å². The van der Waals surface area contributed by atoms with E-state index >= 15 is 0 Å². The van der Waals surface area contributed by atoms with Gasteiger partial charge >= 0.3 is 0 Å². The Morgan fingerprint density at radius 3 is 2.37 bits per heavy atom. The predicted octanol–water partition coefficient (Wildman–Crippen LogP) is 5.32. The molecule has 0 saturated heterocycles. The standard InChI is InChI=1S/C22H18BrN3O/c1-15-12-19(13-20(14-24)17-8-10-21(23)11-9-17)16(2)26(15)25-22(27)18-6-4-3-5-7-18/h3-13H,1-2H3,(H,25,27)/b20-13-. The summed E-state index contributed by atoms with van der Waals surface area (Å²) < 4.78 is 2.71. The molecule has 0 spiro atoms. The summed E-state index contributed by atoms with van der Waals surface area (Å²) in [6, 6.07) is 20.9. The Labute approximate surface area is 166 Å². The number of nitrogens with zero attached hydrogens (tertiary/aromatic N) is 2. The number of hydrogen-bond acceptors (Lipinski definition) is 2. The fraction of sp³-hybridized carbons (Fsp3) is 0.0909. The molecule has 0 unspecified atom stereocenters. The van der Waals surface area contributed by atoms with Gasteiger partial charge in [0.25, 0.3) is 5.91 Å². The van der Waals surface area contributed by atoms with Crippen molar-refractivity contribution in [3.8, 4) is 6.07 Å². The maximum atomic E-state index is 12.5. The number of allylic oxidation sites excluding steroid dienone is 1. The van der Waals surface area contributed by atoms with Gasteiger partial charge in [-0.1, -0.05) is 46.3 Å². The molecule has 3 aromatic rings. The molecule has 0 saturated carbocycles. The summed E-state index contributed by atoms with van der Waals surface area (Å²) in [5.74, 6) is -0.179. The van der Waals surface area contributed by atoms with Gasteiger partial charge in [-0.15, -0.1) is 0 Å². The first-order chi connectivity index (χ1) is 13.0. The van der Waals surface area contributed by atoms with Crippen molar-refractivity contribution in [3.63, 3.8) is 0 Å². The molecule has 1 N–H and O–H groups in total. The summed E-state index contributed by atoms with van der Waals surface area (Å²) in [6.07, 6.45) is 1.84. The molecule has 1 heterocycles. The van der Waals surface area contributed by atoms with Crippen molar-refractivity contribution in [1.82, 2.24) is 4.68 Å².